The molecule has 0 saturated heterocycles. The molecule has 10 heteroatoms. The lowest BCUT2D eigenvalue weighted by Crippen LogP contribution is -2.51. The average Bonchev–Trinajstić information content (AvgIpc) is 2.90. The van der Waals surface area contributed by atoms with Crippen molar-refractivity contribution in [2.45, 2.75) is 44.7 Å². The number of halogens is 2. The lowest BCUT2D eigenvalue weighted by atomic mass is 10.1. The second kappa shape index (κ2) is 12.9. The van der Waals surface area contributed by atoms with Crippen molar-refractivity contribution in [3.05, 3.63) is 94.8 Å². The van der Waals surface area contributed by atoms with Crippen LogP contribution >= 0.6 is 11.6 Å². The van der Waals surface area contributed by atoms with Gasteiger partial charge in [-0.15, -0.1) is 0 Å². The summed E-state index contributed by atoms with van der Waals surface area (Å²) in [6, 6.07) is 17.7. The van der Waals surface area contributed by atoms with Crippen LogP contribution in [-0.2, 0) is 26.2 Å². The van der Waals surface area contributed by atoms with Crippen LogP contribution in [0, 0.1) is 12.7 Å². The molecule has 7 nitrogen and oxygen atoms in total. The van der Waals surface area contributed by atoms with Crippen molar-refractivity contribution in [2.75, 3.05) is 17.4 Å². The largest absolute Gasteiger partial charge is 0.354 e. The van der Waals surface area contributed by atoms with Gasteiger partial charge in [0.1, 0.15) is 18.4 Å². The summed E-state index contributed by atoms with van der Waals surface area (Å²) in [7, 11) is -4.25. The van der Waals surface area contributed by atoms with Crippen molar-refractivity contribution in [2.24, 2.45) is 0 Å². The van der Waals surface area contributed by atoms with E-state index in [2.05, 4.69) is 5.32 Å². The molecule has 1 unspecified atom stereocenters. The average molecular weight is 560 g/mol. The van der Waals surface area contributed by atoms with Crippen LogP contribution in [0.4, 0.5) is 10.1 Å². The van der Waals surface area contributed by atoms with Gasteiger partial charge >= 0.3 is 0 Å². The van der Waals surface area contributed by atoms with Gasteiger partial charge in [-0.1, -0.05) is 66.6 Å². The Balaban J connectivity index is 2.03. The number of hydrogen-bond acceptors (Lipinski definition) is 4. The highest BCUT2D eigenvalue weighted by molar-refractivity contribution is 7.92. The summed E-state index contributed by atoms with van der Waals surface area (Å²) in [5.74, 6) is -1.68. The van der Waals surface area contributed by atoms with Gasteiger partial charge in [-0.25, -0.2) is 12.8 Å². The lowest BCUT2D eigenvalue weighted by molar-refractivity contribution is -0.139. The number of carbonyl (C=O) groups is 2. The van der Waals surface area contributed by atoms with Crippen LogP contribution in [0.15, 0.2) is 77.7 Å². The van der Waals surface area contributed by atoms with Crippen molar-refractivity contribution in [1.82, 2.24) is 10.2 Å². The molecule has 0 aliphatic rings. The number of anilines is 1. The molecule has 0 saturated carbocycles. The molecule has 3 rings (SSSR count). The molecule has 0 fully saturated rings. The van der Waals surface area contributed by atoms with Crippen molar-refractivity contribution in [1.29, 1.82) is 0 Å². The Morgan fingerprint density at radius 3 is 2.37 bits per heavy atom. The molecule has 0 aliphatic heterocycles. The maximum Gasteiger partial charge on any atom is 0.264 e. The molecule has 3 aromatic carbocycles. The highest BCUT2D eigenvalue weighted by atomic mass is 35.5. The Morgan fingerprint density at radius 2 is 1.74 bits per heavy atom. The van der Waals surface area contributed by atoms with E-state index in [4.69, 9.17) is 11.6 Å². The quantitative estimate of drug-likeness (QED) is 0.361. The summed E-state index contributed by atoms with van der Waals surface area (Å²) < 4.78 is 42.2. The van der Waals surface area contributed by atoms with Gasteiger partial charge < -0.3 is 10.2 Å². The number of rotatable bonds is 11. The smallest absolute Gasteiger partial charge is 0.264 e. The maximum absolute atomic E-state index is 13.9. The van der Waals surface area contributed by atoms with Gasteiger partial charge in [0.15, 0.2) is 0 Å². The Labute approximate surface area is 228 Å². The number of sulfonamides is 1. The third kappa shape index (κ3) is 7.11. The maximum atomic E-state index is 13.9. The molecule has 0 radical (unpaired) electrons. The molecular weight excluding hydrogens is 529 g/mol. The highest BCUT2D eigenvalue weighted by Crippen LogP contribution is 2.28. The summed E-state index contributed by atoms with van der Waals surface area (Å²) in [6.07, 6.45) is 0.721. The predicted octanol–water partition coefficient (Wildman–Crippen LogP) is 4.93. The van der Waals surface area contributed by atoms with Gasteiger partial charge in [-0.05, 0) is 56.2 Å². The molecule has 38 heavy (non-hydrogen) atoms. The number of nitrogens with one attached hydrogen (secondary N) is 1. The molecule has 1 atom stereocenters. The second-order valence-electron chi connectivity index (χ2n) is 8.90. The van der Waals surface area contributed by atoms with Crippen LogP contribution in [0.5, 0.6) is 0 Å². The van der Waals surface area contributed by atoms with Crippen LogP contribution in [0.1, 0.15) is 31.4 Å². The summed E-state index contributed by atoms with van der Waals surface area (Å²) >= 11 is 5.97. The topological polar surface area (TPSA) is 86.8 Å². The van der Waals surface area contributed by atoms with Crippen molar-refractivity contribution >= 4 is 39.1 Å². The van der Waals surface area contributed by atoms with E-state index >= 15 is 0 Å². The fraction of sp³-hybridized carbons (Fsp3) is 0.286. The zero-order chi connectivity index (χ0) is 27.9. The number of nitrogens with zero attached hydrogens (tertiary/aromatic N) is 2. The number of hydrogen-bond donors (Lipinski definition) is 1. The zero-order valence-corrected chi connectivity index (χ0v) is 23.1. The first-order valence-corrected chi connectivity index (χ1v) is 14.0. The van der Waals surface area contributed by atoms with E-state index in [-0.39, 0.29) is 28.1 Å². The first kappa shape index (κ1) is 29.1. The second-order valence-corrected chi connectivity index (χ2v) is 11.2. The fourth-order valence-electron chi connectivity index (χ4n) is 3.87. The molecule has 2 amide bonds. The van der Waals surface area contributed by atoms with Crippen LogP contribution < -0.4 is 9.62 Å². The van der Waals surface area contributed by atoms with Gasteiger partial charge in [0, 0.05) is 13.1 Å². The van der Waals surface area contributed by atoms with Crippen LogP contribution in [0.2, 0.25) is 5.02 Å². The summed E-state index contributed by atoms with van der Waals surface area (Å²) in [4.78, 5) is 28.0. The first-order valence-electron chi connectivity index (χ1n) is 12.2. The molecule has 0 spiro atoms. The van der Waals surface area contributed by atoms with E-state index in [1.54, 1.807) is 25.1 Å². The van der Waals surface area contributed by atoms with Crippen LogP contribution in [0.3, 0.4) is 0 Å². The summed E-state index contributed by atoms with van der Waals surface area (Å²) in [5.41, 5.74) is 1.79. The number of aryl methyl sites for hydroxylation is 1. The molecule has 0 aliphatic carbocycles. The predicted molar refractivity (Wildman–Crippen MR) is 147 cm³/mol. The van der Waals surface area contributed by atoms with E-state index in [1.165, 1.54) is 23.1 Å². The fourth-order valence-corrected chi connectivity index (χ4v) is 5.48. The molecular formula is C28H31ClFN3O4S. The Morgan fingerprint density at radius 1 is 1.03 bits per heavy atom. The third-order valence-corrected chi connectivity index (χ3v) is 8.03. The number of benzene rings is 3. The van der Waals surface area contributed by atoms with E-state index in [0.717, 1.165) is 34.0 Å². The van der Waals surface area contributed by atoms with Crippen LogP contribution in [-0.4, -0.2) is 44.3 Å². The standard InChI is InChI=1S/C28H31ClFN3O4S/c1-4-15-31-28(35)21(3)32(18-22-10-8-9-20(2)16-22)27(34)19-33(23-13-14-26(30)25(29)17-23)38(36,37)24-11-6-5-7-12-24/h5-14,16-17,21H,4,15,18-19H2,1-3H3,(H,31,35). The van der Waals surface area contributed by atoms with Crippen molar-refractivity contribution in [3.63, 3.8) is 0 Å². The summed E-state index contributed by atoms with van der Waals surface area (Å²) in [5, 5.41) is 2.51. The van der Waals surface area contributed by atoms with Gasteiger partial charge in [0.05, 0.1) is 15.6 Å². The molecule has 202 valence electrons. The lowest BCUT2D eigenvalue weighted by Gasteiger charge is -2.32. The van der Waals surface area contributed by atoms with Gasteiger partial charge in [0.25, 0.3) is 10.0 Å². The van der Waals surface area contributed by atoms with Crippen molar-refractivity contribution in [3.8, 4) is 0 Å². The Kier molecular flexibility index (Phi) is 9.88. The van der Waals surface area contributed by atoms with E-state index in [0.29, 0.717) is 6.54 Å². The first-order chi connectivity index (χ1) is 18.0. The minimum atomic E-state index is -4.25. The SMILES string of the molecule is CCCNC(=O)C(C)N(Cc1cccc(C)c1)C(=O)CN(c1ccc(F)c(Cl)c1)S(=O)(=O)c1ccccc1. The monoisotopic (exact) mass is 559 g/mol. The minimum Gasteiger partial charge on any atom is -0.354 e. The molecule has 1 N–H and O–H groups in total. The van der Waals surface area contributed by atoms with Crippen LogP contribution in [0.25, 0.3) is 0 Å². The van der Waals surface area contributed by atoms with E-state index in [9.17, 15) is 22.4 Å². The molecule has 3 aromatic rings. The molecule has 0 bridgehead atoms. The normalized spacial score (nSPS) is 12.0. The van der Waals surface area contributed by atoms with Gasteiger partial charge in [0.2, 0.25) is 11.8 Å². The molecule has 0 heterocycles. The zero-order valence-electron chi connectivity index (χ0n) is 21.5. The Hall–Kier alpha value is -3.43. The van der Waals surface area contributed by atoms with E-state index < -0.39 is 34.3 Å². The molecule has 0 aromatic heterocycles. The minimum absolute atomic E-state index is 0.0206. The number of carbonyl (C=O) groups excluding carboxylic acids is 2. The van der Waals surface area contributed by atoms with Gasteiger partial charge in [-0.3, -0.25) is 13.9 Å². The van der Waals surface area contributed by atoms with E-state index in [1.807, 2.05) is 38.1 Å². The summed E-state index contributed by atoms with van der Waals surface area (Å²) in [6.45, 7) is 5.34. The highest BCUT2D eigenvalue weighted by Gasteiger charge is 2.32. The van der Waals surface area contributed by atoms with Gasteiger partial charge in [-0.2, -0.15) is 0 Å². The van der Waals surface area contributed by atoms with Crippen molar-refractivity contribution < 1.29 is 22.4 Å². The number of amides is 2. The Bertz CT molecular complexity index is 1390. The third-order valence-electron chi connectivity index (χ3n) is 5.95.